The van der Waals surface area contributed by atoms with E-state index < -0.39 is 5.41 Å². The molecule has 0 bridgehead atoms. The Morgan fingerprint density at radius 1 is 0.220 bits per heavy atom. The molecule has 0 atom stereocenters. The Morgan fingerprint density at radius 2 is 0.500 bits per heavy atom. The van der Waals surface area contributed by atoms with Gasteiger partial charge >= 0.3 is 0 Å². The van der Waals surface area contributed by atoms with Crippen LogP contribution in [-0.2, 0) is 10.8 Å². The highest BCUT2D eigenvalue weighted by molar-refractivity contribution is 5.88. The molecule has 1 aliphatic carbocycles. The van der Waals surface area contributed by atoms with Gasteiger partial charge in [-0.1, -0.05) is 363 Å². The third-order valence-corrected chi connectivity index (χ3v) is 20.8. The molecule has 100 heavy (non-hydrogen) atoms. The van der Waals surface area contributed by atoms with Crippen LogP contribution in [0.3, 0.4) is 0 Å². The second kappa shape index (κ2) is 29.2. The maximum Gasteiger partial charge on any atom is 0.0714 e. The summed E-state index contributed by atoms with van der Waals surface area (Å²) in [4.78, 5) is 0. The summed E-state index contributed by atoms with van der Waals surface area (Å²) in [5.41, 5.74) is 35.6. The Labute approximate surface area is 593 Å². The summed E-state index contributed by atoms with van der Waals surface area (Å²) in [6.07, 6.45) is 0. The molecule has 0 saturated carbocycles. The van der Waals surface area contributed by atoms with Gasteiger partial charge in [0.25, 0.3) is 0 Å². The zero-order chi connectivity index (χ0) is 68.6. The first-order chi connectivity index (χ1) is 48.9. The van der Waals surface area contributed by atoms with E-state index in [0.717, 1.165) is 0 Å². The van der Waals surface area contributed by atoms with Gasteiger partial charge in [0.05, 0.1) is 5.41 Å². The van der Waals surface area contributed by atoms with Crippen molar-refractivity contribution in [2.45, 2.75) is 65.2 Å². The highest BCUT2D eigenvalue weighted by Gasteiger charge is 2.46. The molecule has 0 nitrogen and oxygen atoms in total. The van der Waals surface area contributed by atoms with Gasteiger partial charge in [0.2, 0.25) is 0 Å². The molecule has 0 fully saturated rings. The predicted molar refractivity (Wildman–Crippen MR) is 425 cm³/mol. The lowest BCUT2D eigenvalue weighted by molar-refractivity contribution is 0.692. The van der Waals surface area contributed by atoms with Crippen molar-refractivity contribution in [2.75, 3.05) is 0 Å². The zero-order valence-electron chi connectivity index (χ0n) is 58.4. The molecule has 0 heteroatoms. The fraction of sp³-hybridized carbons (Fsp3) is 0.100. The van der Waals surface area contributed by atoms with Crippen LogP contribution in [0.15, 0.2) is 376 Å². The second-order valence-electron chi connectivity index (χ2n) is 27.2. The van der Waals surface area contributed by atoms with Gasteiger partial charge in [0, 0.05) is 11.3 Å². The average molecular weight is 1290 g/mol. The minimum atomic E-state index is -0.429. The number of hydrogen-bond acceptors (Lipinski definition) is 0. The van der Waals surface area contributed by atoms with Crippen LogP contribution in [0.5, 0.6) is 0 Å². The Balaban J connectivity index is 0.000000133. The highest BCUT2D eigenvalue weighted by Crippen LogP contribution is 2.57. The molecule has 15 aromatic carbocycles. The molecule has 15 aromatic rings. The van der Waals surface area contributed by atoms with E-state index in [1.165, 1.54) is 156 Å². The third-order valence-electron chi connectivity index (χ3n) is 20.8. The van der Waals surface area contributed by atoms with Crippen molar-refractivity contribution < 1.29 is 0 Å². The van der Waals surface area contributed by atoms with Crippen LogP contribution in [0.2, 0.25) is 0 Å². The lowest BCUT2D eigenvalue weighted by atomic mass is 9.66. The largest absolute Gasteiger partial charge is 0.0714 e. The predicted octanol–water partition coefficient (Wildman–Crippen LogP) is 26.1. The maximum atomic E-state index is 2.44. The summed E-state index contributed by atoms with van der Waals surface area (Å²) in [5.74, 6) is 0.112. The van der Waals surface area contributed by atoms with Gasteiger partial charge in [-0.15, -0.1) is 0 Å². The van der Waals surface area contributed by atoms with Gasteiger partial charge < -0.3 is 0 Å². The number of hydrogen-bond donors (Lipinski definition) is 0. The first-order valence-electron chi connectivity index (χ1n) is 35.2. The SMILES string of the molecule is Cc1ccc(C(C)(c2ccccc2)c2ccc(C)cc2)cc1.Cc1ccc(C(c2ccc(-c3ccccc3)cc2)c2ccc(C)c(-c3ccccc3)c2)cc1-c1ccccc1.Cc1ccc(C2(c3ccc(C)c(-c4ccccc4)c3)c3ccccc3-c3ccccc32)cc1-c1ccccc1. The molecule has 16 rings (SSSR count). The standard InChI is InChI=1S/C39H30.C39H32.C22H22/c1-27-21-23-31(25-35(27)29-13-5-3-6-14-29)39(32-24-22-28(2)36(26-32)30-15-7-4-8-16-30)37-19-11-9-17-33(37)34-18-10-12-20-38(34)39;1-28-18-20-35(26-37(28)32-14-8-4-9-15-32)39(34-24-22-31(23-25-34)30-12-6-3-7-13-30)36-21-19-29(2)38(27-36)33-16-10-5-11-17-33;1-17-9-13-20(14-10-17)22(3,19-7-5-4-6-8-19)21-15-11-18(2)12-16-21/h3-26H,1-2H3;3-27,39H,1-2H3;4-16H,1-3H3. The smallest absolute Gasteiger partial charge is 0.0622 e. The molecule has 0 radical (unpaired) electrons. The Bertz CT molecular complexity index is 4970. The van der Waals surface area contributed by atoms with Crippen molar-refractivity contribution >= 4 is 0 Å². The third kappa shape index (κ3) is 13.2. The summed E-state index contributed by atoms with van der Waals surface area (Å²) in [6, 6.07) is 137. The van der Waals surface area contributed by atoms with Gasteiger partial charge in [-0.2, -0.15) is 0 Å². The summed E-state index contributed by atoms with van der Waals surface area (Å²) in [6.45, 7) is 15.4. The van der Waals surface area contributed by atoms with Crippen molar-refractivity contribution in [3.63, 3.8) is 0 Å². The molecule has 0 aromatic heterocycles. The lowest BCUT2D eigenvalue weighted by Crippen LogP contribution is -2.29. The minimum absolute atomic E-state index is 0.112. The lowest BCUT2D eigenvalue weighted by Gasteiger charge is -2.35. The van der Waals surface area contributed by atoms with Crippen molar-refractivity contribution in [1.29, 1.82) is 0 Å². The summed E-state index contributed by atoms with van der Waals surface area (Å²) < 4.78 is 0. The highest BCUT2D eigenvalue weighted by atomic mass is 14.5. The van der Waals surface area contributed by atoms with E-state index in [2.05, 4.69) is 425 Å². The first kappa shape index (κ1) is 65.6. The molecule has 0 spiro atoms. The molecule has 1 aliphatic rings. The fourth-order valence-corrected chi connectivity index (χ4v) is 15.2. The second-order valence-corrected chi connectivity index (χ2v) is 27.2. The van der Waals surface area contributed by atoms with E-state index >= 15 is 0 Å². The monoisotopic (exact) mass is 1280 g/mol. The number of aryl methyl sites for hydroxylation is 6. The van der Waals surface area contributed by atoms with E-state index in [1.54, 1.807) is 0 Å². The van der Waals surface area contributed by atoms with Crippen LogP contribution in [0.1, 0.15) is 102 Å². The fourth-order valence-electron chi connectivity index (χ4n) is 15.2. The van der Waals surface area contributed by atoms with Crippen LogP contribution < -0.4 is 0 Å². The van der Waals surface area contributed by atoms with Gasteiger partial charge in [-0.3, -0.25) is 0 Å². The molecule has 0 saturated heterocycles. The van der Waals surface area contributed by atoms with Crippen LogP contribution in [0, 0.1) is 41.5 Å². The van der Waals surface area contributed by atoms with E-state index in [0.29, 0.717) is 0 Å². The van der Waals surface area contributed by atoms with Crippen molar-refractivity contribution in [3.05, 3.63) is 465 Å². The van der Waals surface area contributed by atoms with Gasteiger partial charge in [0.15, 0.2) is 0 Å². The van der Waals surface area contributed by atoms with E-state index in [9.17, 15) is 0 Å². The molecule has 0 unspecified atom stereocenters. The van der Waals surface area contributed by atoms with Crippen molar-refractivity contribution in [1.82, 2.24) is 0 Å². The molecular weight excluding hydrogens is 1200 g/mol. The van der Waals surface area contributed by atoms with Crippen LogP contribution in [0.4, 0.5) is 0 Å². The van der Waals surface area contributed by atoms with Crippen molar-refractivity contribution in [3.8, 4) is 66.8 Å². The maximum absolute atomic E-state index is 2.44. The Kier molecular flexibility index (Phi) is 19.1. The quantitative estimate of drug-likeness (QED) is 0.101. The van der Waals surface area contributed by atoms with Gasteiger partial charge in [0.1, 0.15) is 0 Å². The molecule has 0 aliphatic heterocycles. The molecule has 0 amide bonds. The van der Waals surface area contributed by atoms with Crippen LogP contribution >= 0.6 is 0 Å². The van der Waals surface area contributed by atoms with Crippen LogP contribution in [-0.4, -0.2) is 0 Å². The average Bonchev–Trinajstić information content (AvgIpc) is 1.54. The Hall–Kier alpha value is -11.7. The number of fused-ring (bicyclic) bond motifs is 3. The zero-order valence-corrected chi connectivity index (χ0v) is 58.4. The van der Waals surface area contributed by atoms with Gasteiger partial charge in [-0.25, -0.2) is 0 Å². The normalized spacial score (nSPS) is 11.9. The molecular formula is C100H84. The summed E-state index contributed by atoms with van der Waals surface area (Å²) in [7, 11) is 0. The van der Waals surface area contributed by atoms with Gasteiger partial charge in [-0.05, 0) is 217 Å². The topological polar surface area (TPSA) is 0 Å². The van der Waals surface area contributed by atoms with E-state index in [-0.39, 0.29) is 11.3 Å². The molecule has 484 valence electrons. The van der Waals surface area contributed by atoms with E-state index in [4.69, 9.17) is 0 Å². The molecule has 0 N–H and O–H groups in total. The minimum Gasteiger partial charge on any atom is -0.0622 e. The number of benzene rings is 15. The van der Waals surface area contributed by atoms with Crippen LogP contribution in [0.25, 0.3) is 66.8 Å². The molecule has 0 heterocycles. The first-order valence-corrected chi connectivity index (χ1v) is 35.2. The Morgan fingerprint density at radius 3 is 0.870 bits per heavy atom. The summed E-state index contributed by atoms with van der Waals surface area (Å²) in [5, 5.41) is 0. The number of rotatable bonds is 13. The summed E-state index contributed by atoms with van der Waals surface area (Å²) >= 11 is 0. The van der Waals surface area contributed by atoms with Crippen molar-refractivity contribution in [2.24, 2.45) is 0 Å². The van der Waals surface area contributed by atoms with E-state index in [1.807, 2.05) is 0 Å².